The maximum absolute atomic E-state index is 12.9. The maximum atomic E-state index is 12.9. The Bertz CT molecular complexity index is 834. The molecule has 0 bridgehead atoms. The molecule has 1 aromatic carbocycles. The number of hydrogen-bond acceptors (Lipinski definition) is 4. The molecular weight excluding hydrogens is 435 g/mol. The Kier molecular flexibility index (Phi) is 7.81. The Hall–Kier alpha value is -0.900. The highest BCUT2D eigenvalue weighted by atomic mass is 35.5. The van der Waals surface area contributed by atoms with Gasteiger partial charge < -0.3 is 5.32 Å². The Morgan fingerprint density at radius 2 is 1.55 bits per heavy atom. The first-order valence-corrected chi connectivity index (χ1v) is 12.2. The zero-order valence-corrected chi connectivity index (χ0v) is 19.0. The van der Waals surface area contributed by atoms with Crippen molar-refractivity contribution in [3.8, 4) is 0 Å². The number of aryl methyl sites for hydroxylation is 1. The molecule has 2 fully saturated rings. The first-order valence-electron chi connectivity index (χ1n) is 10.0. The van der Waals surface area contributed by atoms with Crippen LogP contribution < -0.4 is 5.32 Å². The number of nitrogens with one attached hydrogen (secondary N) is 1. The number of carbonyl (C=O) groups excluding carboxylic acids is 1. The van der Waals surface area contributed by atoms with E-state index < -0.39 is 10.2 Å². The van der Waals surface area contributed by atoms with Crippen molar-refractivity contribution in [3.63, 3.8) is 0 Å². The highest BCUT2D eigenvalue weighted by Crippen LogP contribution is 2.32. The van der Waals surface area contributed by atoms with Gasteiger partial charge in [0.2, 0.25) is 5.91 Å². The fourth-order valence-corrected chi connectivity index (χ4v) is 5.84. The molecule has 3 rings (SSSR count). The van der Waals surface area contributed by atoms with Gasteiger partial charge in [0.05, 0.1) is 22.3 Å². The molecule has 7 nitrogen and oxygen atoms in total. The van der Waals surface area contributed by atoms with Gasteiger partial charge in [0.25, 0.3) is 10.2 Å². The second-order valence-electron chi connectivity index (χ2n) is 7.60. The molecule has 0 saturated carbocycles. The summed E-state index contributed by atoms with van der Waals surface area (Å²) in [5, 5.41) is 3.60. The van der Waals surface area contributed by atoms with E-state index >= 15 is 0 Å². The van der Waals surface area contributed by atoms with Crippen molar-refractivity contribution in [3.05, 3.63) is 27.7 Å². The van der Waals surface area contributed by atoms with Crippen LogP contribution in [0.4, 0.5) is 5.69 Å². The van der Waals surface area contributed by atoms with Crippen LogP contribution in [0.2, 0.25) is 10.0 Å². The molecule has 1 aromatic rings. The smallest absolute Gasteiger partial charge is 0.282 e. The van der Waals surface area contributed by atoms with Gasteiger partial charge in [-0.15, -0.1) is 0 Å². The van der Waals surface area contributed by atoms with Crippen molar-refractivity contribution in [2.75, 3.05) is 51.1 Å². The number of piperazine rings is 1. The standard InChI is InChI=1S/C19H28Cl2N4O3S/c1-15-6-7-16(20)19(18(15)21)22-17(26)14-23-10-12-25(13-11-23)29(27,28)24-8-4-2-3-5-9-24/h6-7H,2-5,8-14H2,1H3,(H,22,26). The lowest BCUT2D eigenvalue weighted by Crippen LogP contribution is -2.54. The molecule has 29 heavy (non-hydrogen) atoms. The number of amides is 1. The summed E-state index contributed by atoms with van der Waals surface area (Å²) in [4.78, 5) is 14.4. The molecule has 2 aliphatic rings. The number of hydrogen-bond donors (Lipinski definition) is 1. The number of nitrogens with zero attached hydrogens (tertiary/aromatic N) is 3. The van der Waals surface area contributed by atoms with Gasteiger partial charge in [-0.25, -0.2) is 0 Å². The van der Waals surface area contributed by atoms with Crippen LogP contribution in [-0.2, 0) is 15.0 Å². The maximum Gasteiger partial charge on any atom is 0.282 e. The molecule has 2 aliphatic heterocycles. The van der Waals surface area contributed by atoms with E-state index in [4.69, 9.17) is 23.2 Å². The number of benzene rings is 1. The average Bonchev–Trinajstić information content (AvgIpc) is 2.99. The highest BCUT2D eigenvalue weighted by molar-refractivity contribution is 7.86. The van der Waals surface area contributed by atoms with Gasteiger partial charge in [-0.2, -0.15) is 17.0 Å². The molecule has 2 heterocycles. The highest BCUT2D eigenvalue weighted by Gasteiger charge is 2.32. The summed E-state index contributed by atoms with van der Waals surface area (Å²) in [5.41, 5.74) is 1.25. The predicted molar refractivity (Wildman–Crippen MR) is 117 cm³/mol. The van der Waals surface area contributed by atoms with E-state index in [1.165, 1.54) is 0 Å². The molecule has 1 amide bonds. The van der Waals surface area contributed by atoms with Crippen LogP contribution in [-0.4, -0.2) is 73.6 Å². The summed E-state index contributed by atoms with van der Waals surface area (Å²) in [6.45, 7) is 5.00. The van der Waals surface area contributed by atoms with E-state index in [-0.39, 0.29) is 12.5 Å². The van der Waals surface area contributed by atoms with Crippen molar-refractivity contribution in [1.82, 2.24) is 13.5 Å². The second-order valence-corrected chi connectivity index (χ2v) is 10.3. The van der Waals surface area contributed by atoms with Gasteiger partial charge in [-0.1, -0.05) is 42.1 Å². The minimum absolute atomic E-state index is 0.165. The molecule has 162 valence electrons. The molecule has 0 aliphatic carbocycles. The number of rotatable bonds is 5. The van der Waals surface area contributed by atoms with Crippen LogP contribution in [0.25, 0.3) is 0 Å². The molecule has 0 radical (unpaired) electrons. The number of anilines is 1. The lowest BCUT2D eigenvalue weighted by molar-refractivity contribution is -0.117. The van der Waals surface area contributed by atoms with E-state index in [0.29, 0.717) is 55.0 Å². The molecule has 0 aromatic heterocycles. The van der Waals surface area contributed by atoms with E-state index in [1.807, 2.05) is 11.8 Å². The van der Waals surface area contributed by atoms with E-state index in [9.17, 15) is 13.2 Å². The second kappa shape index (κ2) is 9.94. The summed E-state index contributed by atoms with van der Waals surface area (Å²) >= 11 is 12.4. The van der Waals surface area contributed by atoms with Crippen LogP contribution in [0, 0.1) is 6.92 Å². The van der Waals surface area contributed by atoms with Gasteiger partial charge in [0, 0.05) is 39.3 Å². The van der Waals surface area contributed by atoms with Crippen LogP contribution in [0.15, 0.2) is 12.1 Å². The van der Waals surface area contributed by atoms with Crippen LogP contribution in [0.5, 0.6) is 0 Å². The normalized spacial score (nSPS) is 20.4. The third kappa shape index (κ3) is 5.62. The van der Waals surface area contributed by atoms with Crippen molar-refractivity contribution in [1.29, 1.82) is 0 Å². The molecular formula is C19H28Cl2N4O3S. The summed E-state index contributed by atoms with van der Waals surface area (Å²) in [5.74, 6) is -0.219. The van der Waals surface area contributed by atoms with E-state index in [1.54, 1.807) is 20.7 Å². The van der Waals surface area contributed by atoms with Crippen LogP contribution in [0.3, 0.4) is 0 Å². The van der Waals surface area contributed by atoms with Crippen molar-refractivity contribution in [2.45, 2.75) is 32.6 Å². The third-order valence-corrected chi connectivity index (χ3v) is 8.30. The first-order chi connectivity index (χ1) is 13.8. The van der Waals surface area contributed by atoms with E-state index in [0.717, 1.165) is 31.2 Å². The Morgan fingerprint density at radius 1 is 0.966 bits per heavy atom. The molecule has 0 atom stereocenters. The Balaban J connectivity index is 1.53. The van der Waals surface area contributed by atoms with Gasteiger partial charge in [-0.05, 0) is 31.4 Å². The van der Waals surface area contributed by atoms with Gasteiger partial charge in [0.1, 0.15) is 0 Å². The van der Waals surface area contributed by atoms with E-state index in [2.05, 4.69) is 5.32 Å². The zero-order valence-electron chi connectivity index (χ0n) is 16.7. The number of carbonyl (C=O) groups is 1. The molecule has 10 heteroatoms. The van der Waals surface area contributed by atoms with Crippen molar-refractivity contribution >= 4 is 45.0 Å². The first kappa shape index (κ1) is 22.8. The molecule has 0 spiro atoms. The van der Waals surface area contributed by atoms with Gasteiger partial charge >= 0.3 is 0 Å². The largest absolute Gasteiger partial charge is 0.322 e. The van der Waals surface area contributed by atoms with Crippen molar-refractivity contribution in [2.24, 2.45) is 0 Å². The molecule has 0 unspecified atom stereocenters. The minimum atomic E-state index is -3.42. The van der Waals surface area contributed by atoms with Crippen molar-refractivity contribution < 1.29 is 13.2 Å². The minimum Gasteiger partial charge on any atom is -0.322 e. The summed E-state index contributed by atoms with van der Waals surface area (Å²) in [7, 11) is -3.42. The van der Waals surface area contributed by atoms with Gasteiger partial charge in [-0.3, -0.25) is 9.69 Å². The quantitative estimate of drug-likeness (QED) is 0.729. The Labute approximate surface area is 183 Å². The van der Waals surface area contributed by atoms with Crippen LogP contribution in [0.1, 0.15) is 31.2 Å². The third-order valence-electron chi connectivity index (χ3n) is 5.46. The zero-order chi connectivity index (χ0) is 21.0. The average molecular weight is 463 g/mol. The SMILES string of the molecule is Cc1ccc(Cl)c(NC(=O)CN2CCN(S(=O)(=O)N3CCCCCC3)CC2)c1Cl. The lowest BCUT2D eigenvalue weighted by Gasteiger charge is -2.36. The summed E-state index contributed by atoms with van der Waals surface area (Å²) < 4.78 is 28.9. The lowest BCUT2D eigenvalue weighted by atomic mass is 10.2. The number of halogens is 2. The predicted octanol–water partition coefficient (Wildman–Crippen LogP) is 2.98. The van der Waals surface area contributed by atoms with Gasteiger partial charge in [0.15, 0.2) is 0 Å². The van der Waals surface area contributed by atoms with Crippen LogP contribution >= 0.6 is 23.2 Å². The molecule has 2 saturated heterocycles. The Morgan fingerprint density at radius 3 is 2.17 bits per heavy atom. The molecule has 1 N–H and O–H groups in total. The summed E-state index contributed by atoms with van der Waals surface area (Å²) in [6.07, 6.45) is 4.01. The topological polar surface area (TPSA) is 73.0 Å². The fourth-order valence-electron chi connectivity index (χ4n) is 3.71. The summed E-state index contributed by atoms with van der Waals surface area (Å²) in [6, 6.07) is 3.50. The fraction of sp³-hybridized carbons (Fsp3) is 0.632. The monoisotopic (exact) mass is 462 g/mol.